The molecule has 1 aromatic rings. The van der Waals surface area contributed by atoms with Crippen LogP contribution < -0.4 is 10.2 Å². The first-order chi connectivity index (χ1) is 10.6. The van der Waals surface area contributed by atoms with Gasteiger partial charge in [-0.3, -0.25) is 10.0 Å². The van der Waals surface area contributed by atoms with Crippen LogP contribution in [0, 0.1) is 12.0 Å². The van der Waals surface area contributed by atoms with E-state index in [0.29, 0.717) is 18.6 Å². The van der Waals surface area contributed by atoms with Crippen LogP contribution in [0.2, 0.25) is 0 Å². The zero-order valence-electron chi connectivity index (χ0n) is 12.8. The van der Waals surface area contributed by atoms with E-state index in [9.17, 15) is 4.79 Å². The number of amides is 1. The fraction of sp³-hybridized carbons (Fsp3) is 0.438. The van der Waals surface area contributed by atoms with Gasteiger partial charge in [-0.1, -0.05) is 5.92 Å². The van der Waals surface area contributed by atoms with E-state index >= 15 is 0 Å². The quantitative estimate of drug-likeness (QED) is 0.505. The lowest BCUT2D eigenvalue weighted by Crippen LogP contribution is -2.50. The summed E-state index contributed by atoms with van der Waals surface area (Å²) < 4.78 is 4.58. The molecule has 0 aromatic heterocycles. The van der Waals surface area contributed by atoms with Crippen molar-refractivity contribution in [2.45, 2.75) is 29.4 Å². The Morgan fingerprint density at radius 2 is 2.00 bits per heavy atom. The number of piperidine rings is 1. The molecule has 1 amide bonds. The first kappa shape index (κ1) is 16.7. The first-order valence-electron chi connectivity index (χ1n) is 7.10. The monoisotopic (exact) mass is 320 g/mol. The number of likely N-dealkylation sites (tertiary alicyclic amines) is 1. The lowest BCUT2D eigenvalue weighted by molar-refractivity contribution is -0.132. The Morgan fingerprint density at radius 3 is 2.55 bits per heavy atom. The molecule has 2 rings (SSSR count). The predicted molar refractivity (Wildman–Crippen MR) is 85.8 cm³/mol. The molecule has 6 heteroatoms. The largest absolute Gasteiger partial charge is 0.408 e. The minimum Gasteiger partial charge on any atom is -0.408 e. The molecule has 1 saturated heterocycles. The number of benzene rings is 1. The molecule has 0 bridgehead atoms. The van der Waals surface area contributed by atoms with Crippen molar-refractivity contribution in [2.75, 3.05) is 20.1 Å². The van der Waals surface area contributed by atoms with Crippen LogP contribution in [-0.2, 0) is 4.79 Å². The van der Waals surface area contributed by atoms with Gasteiger partial charge in [0.2, 0.25) is 0 Å². The molecule has 0 unspecified atom stereocenters. The average molecular weight is 320 g/mol. The van der Waals surface area contributed by atoms with Gasteiger partial charge in [-0.2, -0.15) is 0 Å². The zero-order valence-corrected chi connectivity index (χ0v) is 13.6. The van der Waals surface area contributed by atoms with Crippen molar-refractivity contribution in [3.8, 4) is 17.8 Å². The maximum Gasteiger partial charge on any atom is 0.260 e. The van der Waals surface area contributed by atoms with Crippen molar-refractivity contribution >= 4 is 17.7 Å². The van der Waals surface area contributed by atoms with Gasteiger partial charge in [-0.05, 0) is 57.2 Å². The molecule has 22 heavy (non-hydrogen) atoms. The van der Waals surface area contributed by atoms with Crippen LogP contribution in [0.3, 0.4) is 0 Å². The Labute approximate surface area is 135 Å². The Balaban J connectivity index is 2.13. The number of carbonyl (C=O) groups is 1. The number of hydrogen-bond acceptors (Lipinski definition) is 5. The van der Waals surface area contributed by atoms with Crippen molar-refractivity contribution in [3.63, 3.8) is 0 Å². The molecule has 0 spiro atoms. The number of thioether (sulfide) groups is 1. The summed E-state index contributed by atoms with van der Waals surface area (Å²) in [5, 5.41) is 9.08. The van der Waals surface area contributed by atoms with E-state index in [1.165, 1.54) is 11.8 Å². The minimum atomic E-state index is -0.632. The molecule has 0 saturated carbocycles. The summed E-state index contributed by atoms with van der Waals surface area (Å²) in [5.74, 6) is 3.00. The fourth-order valence-corrected chi connectivity index (χ4v) is 3.62. The second-order valence-corrected chi connectivity index (χ2v) is 6.72. The molecule has 1 aliphatic heterocycles. The van der Waals surface area contributed by atoms with Crippen molar-refractivity contribution in [1.29, 1.82) is 0 Å². The fourth-order valence-electron chi connectivity index (χ4n) is 2.37. The molecule has 0 radical (unpaired) electrons. The van der Waals surface area contributed by atoms with Gasteiger partial charge in [0.05, 0.1) is 0 Å². The normalized spacial score (nSPS) is 17.2. The summed E-state index contributed by atoms with van der Waals surface area (Å²) in [6.07, 6.45) is 3.93. The number of nitrogens with zero attached hydrogens (tertiary/aromatic N) is 1. The Hall–Kier alpha value is -1.68. The molecule has 1 aliphatic rings. The van der Waals surface area contributed by atoms with E-state index < -0.39 is 4.75 Å². The highest BCUT2D eigenvalue weighted by molar-refractivity contribution is 8.01. The van der Waals surface area contributed by atoms with Gasteiger partial charge >= 0.3 is 0 Å². The molecule has 1 aromatic carbocycles. The van der Waals surface area contributed by atoms with Gasteiger partial charge < -0.3 is 9.64 Å². The number of hydrogen-bond donors (Lipinski definition) is 2. The van der Waals surface area contributed by atoms with Crippen molar-refractivity contribution in [2.24, 2.45) is 0 Å². The molecule has 118 valence electrons. The molecule has 0 atom stereocenters. The van der Waals surface area contributed by atoms with Crippen LogP contribution in [0.4, 0.5) is 0 Å². The third-order valence-electron chi connectivity index (χ3n) is 3.72. The van der Waals surface area contributed by atoms with Crippen LogP contribution >= 0.6 is 11.8 Å². The van der Waals surface area contributed by atoms with Gasteiger partial charge in [0, 0.05) is 11.8 Å². The SMILES string of the molecule is CC#COc1ccc(SC2(C(=O)NO)CCN(C)CC2)cc1. The number of ether oxygens (including phenoxy) is 1. The van der Waals surface area contributed by atoms with Crippen molar-refractivity contribution in [3.05, 3.63) is 24.3 Å². The maximum absolute atomic E-state index is 12.2. The molecule has 1 heterocycles. The van der Waals surface area contributed by atoms with Crippen molar-refractivity contribution in [1.82, 2.24) is 10.4 Å². The number of hydroxylamine groups is 1. The third-order valence-corrected chi connectivity index (χ3v) is 5.21. The highest BCUT2D eigenvalue weighted by atomic mass is 32.2. The molecule has 0 aliphatic carbocycles. The van der Waals surface area contributed by atoms with Crippen LogP contribution in [-0.4, -0.2) is 40.9 Å². The van der Waals surface area contributed by atoms with Crippen LogP contribution in [0.1, 0.15) is 19.8 Å². The topological polar surface area (TPSA) is 61.8 Å². The molecular formula is C16H20N2O3S. The molecule has 5 nitrogen and oxygen atoms in total. The summed E-state index contributed by atoms with van der Waals surface area (Å²) >= 11 is 1.49. The summed E-state index contributed by atoms with van der Waals surface area (Å²) in [6, 6.07) is 7.46. The van der Waals surface area contributed by atoms with E-state index in [1.54, 1.807) is 6.92 Å². The van der Waals surface area contributed by atoms with Gasteiger partial charge in [0.1, 0.15) is 16.6 Å². The highest BCUT2D eigenvalue weighted by Gasteiger charge is 2.41. The lowest BCUT2D eigenvalue weighted by Gasteiger charge is -2.38. The van der Waals surface area contributed by atoms with Crippen LogP contribution in [0.5, 0.6) is 5.75 Å². The lowest BCUT2D eigenvalue weighted by atomic mass is 9.95. The van der Waals surface area contributed by atoms with E-state index in [1.807, 2.05) is 36.8 Å². The standard InChI is InChI=1S/C16H20N2O3S/c1-3-12-21-13-4-6-14(7-5-13)22-16(15(19)17-20)8-10-18(2)11-9-16/h4-7,20H,8-11H2,1-2H3,(H,17,19). The average Bonchev–Trinajstić information content (AvgIpc) is 2.56. The third kappa shape index (κ3) is 3.95. The molecule has 1 fully saturated rings. The van der Waals surface area contributed by atoms with E-state index in [0.717, 1.165) is 18.0 Å². The summed E-state index contributed by atoms with van der Waals surface area (Å²) in [5.41, 5.74) is 1.83. The first-order valence-corrected chi connectivity index (χ1v) is 7.92. The second-order valence-electron chi connectivity index (χ2n) is 5.27. The Morgan fingerprint density at radius 1 is 1.36 bits per heavy atom. The highest BCUT2D eigenvalue weighted by Crippen LogP contribution is 2.41. The number of nitrogens with one attached hydrogen (secondary N) is 1. The van der Waals surface area contributed by atoms with Gasteiger partial charge in [0.15, 0.2) is 0 Å². The smallest absolute Gasteiger partial charge is 0.260 e. The summed E-state index contributed by atoms with van der Waals surface area (Å²) in [4.78, 5) is 15.3. The number of rotatable bonds is 4. The minimum absolute atomic E-state index is 0.331. The van der Waals surface area contributed by atoms with Crippen molar-refractivity contribution < 1.29 is 14.7 Å². The van der Waals surface area contributed by atoms with Crippen LogP contribution in [0.15, 0.2) is 29.2 Å². The maximum atomic E-state index is 12.2. The second kappa shape index (κ2) is 7.54. The van der Waals surface area contributed by atoms with Crippen LogP contribution in [0.25, 0.3) is 0 Å². The molecular weight excluding hydrogens is 300 g/mol. The number of carbonyl (C=O) groups excluding carboxylic acids is 1. The molecule has 2 N–H and O–H groups in total. The zero-order chi connectivity index (χ0) is 16.0. The van der Waals surface area contributed by atoms with Gasteiger partial charge in [-0.15, -0.1) is 11.8 Å². The summed E-state index contributed by atoms with van der Waals surface area (Å²) in [6.45, 7) is 3.36. The van der Waals surface area contributed by atoms with E-state index in [-0.39, 0.29) is 5.91 Å². The van der Waals surface area contributed by atoms with Gasteiger partial charge in [-0.25, -0.2) is 5.48 Å². The van der Waals surface area contributed by atoms with Gasteiger partial charge in [0.25, 0.3) is 5.91 Å². The van der Waals surface area contributed by atoms with E-state index in [4.69, 9.17) is 9.94 Å². The Kier molecular flexibility index (Phi) is 5.72. The Bertz CT molecular complexity index is 569. The predicted octanol–water partition coefficient (Wildman–Crippen LogP) is 2.11. The summed E-state index contributed by atoms with van der Waals surface area (Å²) in [7, 11) is 2.03. The van der Waals surface area contributed by atoms with E-state index in [2.05, 4.69) is 16.9 Å².